The topological polar surface area (TPSA) is 93.2 Å². The molecule has 0 aliphatic carbocycles. The number of ether oxygens (including phenoxy) is 2. The zero-order valence-corrected chi connectivity index (χ0v) is 11.9. The van der Waals surface area contributed by atoms with Gasteiger partial charge >= 0.3 is 0 Å². The molecule has 0 saturated heterocycles. The van der Waals surface area contributed by atoms with E-state index >= 15 is 0 Å². The van der Waals surface area contributed by atoms with Crippen LogP contribution in [0.3, 0.4) is 0 Å². The normalized spacial score (nSPS) is 9.76. The number of aromatic nitrogens is 1. The van der Waals surface area contributed by atoms with Crippen LogP contribution >= 0.6 is 0 Å². The second kappa shape index (κ2) is 6.48. The molecule has 1 aromatic carbocycles. The minimum Gasteiger partial charge on any atom is -0.493 e. The first-order chi connectivity index (χ1) is 10.2. The summed E-state index contributed by atoms with van der Waals surface area (Å²) < 4.78 is 10.4. The fourth-order valence-electron chi connectivity index (χ4n) is 1.89. The molecular formula is C15H16N4O2. The predicted molar refractivity (Wildman–Crippen MR) is 80.2 cm³/mol. The molecule has 0 aliphatic heterocycles. The van der Waals surface area contributed by atoms with Crippen LogP contribution in [0.5, 0.6) is 11.5 Å². The fraction of sp³-hybridized carbons (Fsp3) is 0.200. The van der Waals surface area contributed by atoms with Crippen molar-refractivity contribution in [3.63, 3.8) is 0 Å². The van der Waals surface area contributed by atoms with Crippen LogP contribution in [0, 0.1) is 11.3 Å². The molecule has 0 fully saturated rings. The van der Waals surface area contributed by atoms with E-state index in [1.54, 1.807) is 26.5 Å². The van der Waals surface area contributed by atoms with Crippen molar-refractivity contribution in [1.29, 1.82) is 5.26 Å². The van der Waals surface area contributed by atoms with E-state index in [4.69, 9.17) is 20.5 Å². The van der Waals surface area contributed by atoms with Crippen molar-refractivity contribution in [2.75, 3.05) is 25.3 Å². The lowest BCUT2D eigenvalue weighted by Gasteiger charge is -2.11. The Morgan fingerprint density at radius 2 is 2.00 bits per heavy atom. The van der Waals surface area contributed by atoms with Gasteiger partial charge < -0.3 is 20.5 Å². The second-order valence-corrected chi connectivity index (χ2v) is 4.28. The number of nitrogens with zero attached hydrogens (tertiary/aromatic N) is 2. The summed E-state index contributed by atoms with van der Waals surface area (Å²) in [6, 6.07) is 9.22. The number of nitrogens with one attached hydrogen (secondary N) is 1. The van der Waals surface area contributed by atoms with Crippen LogP contribution in [0.4, 0.5) is 11.5 Å². The molecule has 108 valence electrons. The molecule has 6 heteroatoms. The van der Waals surface area contributed by atoms with Crippen molar-refractivity contribution in [3.05, 3.63) is 41.6 Å². The van der Waals surface area contributed by atoms with Crippen molar-refractivity contribution in [3.8, 4) is 17.6 Å². The Kier molecular flexibility index (Phi) is 4.46. The quantitative estimate of drug-likeness (QED) is 0.874. The Morgan fingerprint density at radius 3 is 2.67 bits per heavy atom. The number of hydrogen-bond donors (Lipinski definition) is 2. The summed E-state index contributed by atoms with van der Waals surface area (Å²) in [7, 11) is 3.18. The summed E-state index contributed by atoms with van der Waals surface area (Å²) in [5, 5.41) is 12.0. The van der Waals surface area contributed by atoms with Gasteiger partial charge in [-0.2, -0.15) is 5.26 Å². The molecule has 3 N–H and O–H groups in total. The minimum absolute atomic E-state index is 0.348. The van der Waals surface area contributed by atoms with Gasteiger partial charge in [0.1, 0.15) is 6.07 Å². The minimum atomic E-state index is 0.348. The van der Waals surface area contributed by atoms with Gasteiger partial charge in [-0.25, -0.2) is 4.98 Å². The number of anilines is 2. The van der Waals surface area contributed by atoms with E-state index in [1.165, 1.54) is 0 Å². The van der Waals surface area contributed by atoms with E-state index in [9.17, 15) is 0 Å². The number of nitrogen functional groups attached to an aromatic ring is 1. The van der Waals surface area contributed by atoms with Crippen LogP contribution in [0.2, 0.25) is 0 Å². The molecule has 2 aromatic rings. The molecule has 0 amide bonds. The zero-order valence-electron chi connectivity index (χ0n) is 11.9. The van der Waals surface area contributed by atoms with Crippen molar-refractivity contribution < 1.29 is 9.47 Å². The fourth-order valence-corrected chi connectivity index (χ4v) is 1.89. The Labute approximate surface area is 123 Å². The molecule has 0 aliphatic rings. The van der Waals surface area contributed by atoms with E-state index < -0.39 is 0 Å². The average molecular weight is 284 g/mol. The number of nitrogens with two attached hydrogens (primary N) is 1. The molecule has 0 unspecified atom stereocenters. The van der Waals surface area contributed by atoms with Crippen LogP contribution in [0.1, 0.15) is 11.1 Å². The van der Waals surface area contributed by atoms with Gasteiger partial charge in [-0.05, 0) is 23.8 Å². The van der Waals surface area contributed by atoms with Gasteiger partial charge in [0.2, 0.25) is 0 Å². The number of pyridine rings is 1. The number of hydrogen-bond acceptors (Lipinski definition) is 6. The van der Waals surface area contributed by atoms with E-state index in [0.29, 0.717) is 35.1 Å². The van der Waals surface area contributed by atoms with Crippen molar-refractivity contribution in [2.24, 2.45) is 0 Å². The van der Waals surface area contributed by atoms with E-state index in [1.807, 2.05) is 24.3 Å². The van der Waals surface area contributed by atoms with Crippen molar-refractivity contribution in [1.82, 2.24) is 4.98 Å². The summed E-state index contributed by atoms with van der Waals surface area (Å²) in [5.41, 5.74) is 7.60. The predicted octanol–water partition coefficient (Wildman–Crippen LogP) is 2.16. The Morgan fingerprint density at radius 1 is 1.24 bits per heavy atom. The second-order valence-electron chi connectivity index (χ2n) is 4.28. The lowest BCUT2D eigenvalue weighted by Crippen LogP contribution is -2.06. The molecule has 0 spiro atoms. The summed E-state index contributed by atoms with van der Waals surface area (Å²) in [6.07, 6.45) is 1.55. The molecule has 21 heavy (non-hydrogen) atoms. The molecule has 0 radical (unpaired) electrons. The van der Waals surface area contributed by atoms with E-state index in [0.717, 1.165) is 5.56 Å². The molecule has 0 atom stereocenters. The summed E-state index contributed by atoms with van der Waals surface area (Å²) >= 11 is 0. The molecule has 0 bridgehead atoms. The largest absolute Gasteiger partial charge is 0.493 e. The maximum Gasteiger partial charge on any atom is 0.161 e. The smallest absolute Gasteiger partial charge is 0.161 e. The molecule has 2 rings (SSSR count). The highest BCUT2D eigenvalue weighted by Crippen LogP contribution is 2.28. The Balaban J connectivity index is 2.15. The van der Waals surface area contributed by atoms with Gasteiger partial charge in [0.25, 0.3) is 0 Å². The Bertz CT molecular complexity index is 680. The van der Waals surface area contributed by atoms with Gasteiger partial charge in [0, 0.05) is 12.7 Å². The standard InChI is InChI=1S/C15H16N4O2/c1-20-12-4-3-10(7-13(12)21-2)9-19-15-14(17)11(8-16)5-6-18-15/h3-7H,9,17H2,1-2H3,(H,18,19). The van der Waals surface area contributed by atoms with Gasteiger partial charge in [-0.1, -0.05) is 6.07 Å². The lowest BCUT2D eigenvalue weighted by molar-refractivity contribution is 0.354. The SMILES string of the molecule is COc1ccc(CNc2nccc(C#N)c2N)cc1OC. The molecule has 0 saturated carbocycles. The number of benzene rings is 1. The highest BCUT2D eigenvalue weighted by Gasteiger charge is 2.07. The maximum atomic E-state index is 8.94. The van der Waals surface area contributed by atoms with Crippen molar-refractivity contribution >= 4 is 11.5 Å². The van der Waals surface area contributed by atoms with E-state index in [2.05, 4.69) is 10.3 Å². The van der Waals surface area contributed by atoms with Crippen LogP contribution in [-0.4, -0.2) is 19.2 Å². The van der Waals surface area contributed by atoms with Crippen LogP contribution in [0.25, 0.3) is 0 Å². The third kappa shape index (κ3) is 3.15. The monoisotopic (exact) mass is 284 g/mol. The van der Waals surface area contributed by atoms with Crippen molar-refractivity contribution in [2.45, 2.75) is 6.54 Å². The third-order valence-corrected chi connectivity index (χ3v) is 3.02. The lowest BCUT2D eigenvalue weighted by atomic mass is 10.2. The Hall–Kier alpha value is -2.94. The zero-order chi connectivity index (χ0) is 15.2. The van der Waals surface area contributed by atoms with Crippen LogP contribution in [0.15, 0.2) is 30.5 Å². The summed E-state index contributed by atoms with van der Waals surface area (Å²) in [6.45, 7) is 0.506. The summed E-state index contributed by atoms with van der Waals surface area (Å²) in [4.78, 5) is 4.14. The van der Waals surface area contributed by atoms with Gasteiger partial charge in [-0.3, -0.25) is 0 Å². The number of nitriles is 1. The van der Waals surface area contributed by atoms with Gasteiger partial charge in [0.05, 0.1) is 25.5 Å². The molecular weight excluding hydrogens is 268 g/mol. The summed E-state index contributed by atoms with van der Waals surface area (Å²) in [5.74, 6) is 1.82. The first-order valence-electron chi connectivity index (χ1n) is 6.29. The maximum absolute atomic E-state index is 8.94. The van der Waals surface area contributed by atoms with E-state index in [-0.39, 0.29) is 0 Å². The molecule has 1 heterocycles. The first-order valence-corrected chi connectivity index (χ1v) is 6.29. The molecule has 6 nitrogen and oxygen atoms in total. The van der Waals surface area contributed by atoms with Gasteiger partial charge in [0.15, 0.2) is 17.3 Å². The van der Waals surface area contributed by atoms with Crippen LogP contribution < -0.4 is 20.5 Å². The van der Waals surface area contributed by atoms with Gasteiger partial charge in [-0.15, -0.1) is 0 Å². The third-order valence-electron chi connectivity index (χ3n) is 3.02. The highest BCUT2D eigenvalue weighted by molar-refractivity contribution is 5.68. The first kappa shape index (κ1) is 14.5. The highest BCUT2D eigenvalue weighted by atomic mass is 16.5. The number of methoxy groups -OCH3 is 2. The van der Waals surface area contributed by atoms with Crippen LogP contribution in [-0.2, 0) is 6.54 Å². The molecule has 1 aromatic heterocycles. The average Bonchev–Trinajstić information content (AvgIpc) is 2.53. The number of rotatable bonds is 5.